The zero-order valence-corrected chi connectivity index (χ0v) is 17.5. The van der Waals surface area contributed by atoms with Crippen LogP contribution in [0.4, 0.5) is 0 Å². The van der Waals surface area contributed by atoms with Gasteiger partial charge in [-0.05, 0) is 57.4 Å². The van der Waals surface area contributed by atoms with Gasteiger partial charge in [0, 0.05) is 11.3 Å². The van der Waals surface area contributed by atoms with Gasteiger partial charge in [-0.3, -0.25) is 9.59 Å². The Bertz CT molecular complexity index is 912. The summed E-state index contributed by atoms with van der Waals surface area (Å²) in [5.74, 6) is -0.706. The van der Waals surface area contributed by atoms with Crippen molar-refractivity contribution in [2.75, 3.05) is 19.8 Å². The summed E-state index contributed by atoms with van der Waals surface area (Å²) in [5, 5.41) is 0. The van der Waals surface area contributed by atoms with Crippen molar-refractivity contribution in [3.05, 3.63) is 51.8 Å². The molecule has 0 aliphatic rings. The Morgan fingerprint density at radius 3 is 2.45 bits per heavy atom. The number of benzene rings is 1. The van der Waals surface area contributed by atoms with Crippen molar-refractivity contribution in [3.63, 3.8) is 0 Å². The maximum absolute atomic E-state index is 12.5. The number of ketones is 1. The van der Waals surface area contributed by atoms with Crippen LogP contribution in [0.1, 0.15) is 56.6 Å². The highest BCUT2D eigenvalue weighted by Crippen LogP contribution is 2.20. The molecule has 1 aromatic heterocycles. The van der Waals surface area contributed by atoms with Crippen molar-refractivity contribution >= 4 is 17.7 Å². The molecular weight excluding hydrogens is 374 g/mol. The lowest BCUT2D eigenvalue weighted by atomic mass is 10.1. The van der Waals surface area contributed by atoms with Crippen LogP contribution in [0.15, 0.2) is 18.2 Å². The number of hydrogen-bond acceptors (Lipinski definition) is 6. The number of esters is 2. The van der Waals surface area contributed by atoms with E-state index in [0.29, 0.717) is 16.8 Å². The fourth-order valence-electron chi connectivity index (χ4n) is 2.97. The van der Waals surface area contributed by atoms with Crippen LogP contribution in [0.2, 0.25) is 0 Å². The fourth-order valence-corrected chi connectivity index (χ4v) is 2.97. The number of carbonyl (C=O) groups excluding carboxylic acids is 3. The average Bonchev–Trinajstić information content (AvgIpc) is 2.97. The molecule has 7 nitrogen and oxygen atoms in total. The minimum Gasteiger partial charge on any atom is -0.493 e. The van der Waals surface area contributed by atoms with Crippen molar-refractivity contribution < 1.29 is 28.6 Å². The van der Waals surface area contributed by atoms with E-state index in [9.17, 15) is 14.4 Å². The van der Waals surface area contributed by atoms with Crippen molar-refractivity contribution in [1.82, 2.24) is 4.98 Å². The predicted molar refractivity (Wildman–Crippen MR) is 108 cm³/mol. The second kappa shape index (κ2) is 9.91. The molecule has 156 valence electrons. The molecule has 1 N–H and O–H groups in total. The summed E-state index contributed by atoms with van der Waals surface area (Å²) in [7, 11) is 0. The number of rotatable bonds is 9. The Hall–Kier alpha value is -3.09. The molecule has 0 bridgehead atoms. The second-order valence-electron chi connectivity index (χ2n) is 6.80. The first-order chi connectivity index (χ1) is 13.7. The number of H-pyrrole nitrogens is 1. The average molecular weight is 401 g/mol. The van der Waals surface area contributed by atoms with Crippen LogP contribution >= 0.6 is 0 Å². The highest BCUT2D eigenvalue weighted by Gasteiger charge is 2.23. The first kappa shape index (κ1) is 22.2. The van der Waals surface area contributed by atoms with Gasteiger partial charge in [0.15, 0.2) is 6.61 Å². The van der Waals surface area contributed by atoms with E-state index in [-0.39, 0.29) is 31.1 Å². The first-order valence-electron chi connectivity index (χ1n) is 9.49. The fraction of sp³-hybridized carbons (Fsp3) is 0.409. The molecule has 0 saturated heterocycles. The molecule has 2 aromatic rings. The Balaban J connectivity index is 1.88. The Kier molecular flexibility index (Phi) is 7.59. The quantitative estimate of drug-likeness (QED) is 0.509. The smallest absolute Gasteiger partial charge is 0.355 e. The topological polar surface area (TPSA) is 94.7 Å². The van der Waals surface area contributed by atoms with E-state index in [1.165, 1.54) is 0 Å². The number of ether oxygens (including phenoxy) is 3. The number of aryl methyl sites for hydroxylation is 3. The Labute approximate surface area is 170 Å². The monoisotopic (exact) mass is 401 g/mol. The van der Waals surface area contributed by atoms with Crippen molar-refractivity contribution in [3.8, 4) is 5.75 Å². The van der Waals surface area contributed by atoms with Crippen molar-refractivity contribution in [2.45, 2.75) is 41.0 Å². The molecular formula is C22H27NO6. The van der Waals surface area contributed by atoms with Gasteiger partial charge >= 0.3 is 11.9 Å². The lowest BCUT2D eigenvalue weighted by molar-refractivity contribution is -0.143. The van der Waals surface area contributed by atoms with Crippen LogP contribution in [-0.2, 0) is 14.3 Å². The molecule has 0 amide bonds. The minimum atomic E-state index is -0.528. The Morgan fingerprint density at radius 1 is 1.03 bits per heavy atom. The largest absolute Gasteiger partial charge is 0.493 e. The maximum Gasteiger partial charge on any atom is 0.355 e. The number of aromatic nitrogens is 1. The molecule has 29 heavy (non-hydrogen) atoms. The molecule has 0 fully saturated rings. The van der Waals surface area contributed by atoms with Crippen molar-refractivity contribution in [2.24, 2.45) is 0 Å². The van der Waals surface area contributed by atoms with Gasteiger partial charge in [0.2, 0.25) is 5.78 Å². The van der Waals surface area contributed by atoms with Gasteiger partial charge in [0.05, 0.1) is 19.6 Å². The molecule has 0 aliphatic heterocycles. The third kappa shape index (κ3) is 5.70. The molecule has 2 rings (SSSR count). The second-order valence-corrected chi connectivity index (χ2v) is 6.80. The van der Waals surface area contributed by atoms with Gasteiger partial charge < -0.3 is 19.2 Å². The van der Waals surface area contributed by atoms with Crippen LogP contribution in [0, 0.1) is 27.7 Å². The zero-order valence-electron chi connectivity index (χ0n) is 17.5. The zero-order chi connectivity index (χ0) is 21.6. The van der Waals surface area contributed by atoms with Crippen LogP contribution < -0.4 is 4.74 Å². The summed E-state index contributed by atoms with van der Waals surface area (Å²) in [6.45, 7) is 8.94. The normalized spacial score (nSPS) is 10.5. The molecule has 7 heteroatoms. The summed E-state index contributed by atoms with van der Waals surface area (Å²) >= 11 is 0. The third-order valence-electron chi connectivity index (χ3n) is 4.47. The van der Waals surface area contributed by atoms with Crippen LogP contribution in [0.5, 0.6) is 5.75 Å². The van der Waals surface area contributed by atoms with E-state index in [1.54, 1.807) is 20.8 Å². The highest BCUT2D eigenvalue weighted by molar-refractivity contribution is 6.03. The lowest BCUT2D eigenvalue weighted by Crippen LogP contribution is -2.17. The van der Waals surface area contributed by atoms with E-state index in [2.05, 4.69) is 4.98 Å². The van der Waals surface area contributed by atoms with Gasteiger partial charge in [-0.2, -0.15) is 0 Å². The first-order valence-corrected chi connectivity index (χ1v) is 9.49. The molecule has 0 spiro atoms. The molecule has 1 heterocycles. The number of carbonyl (C=O) groups is 3. The van der Waals surface area contributed by atoms with Crippen LogP contribution in [0.3, 0.4) is 0 Å². The number of aromatic amines is 1. The van der Waals surface area contributed by atoms with E-state index < -0.39 is 18.5 Å². The molecule has 0 radical (unpaired) electrons. The Morgan fingerprint density at radius 2 is 1.76 bits per heavy atom. The van der Waals surface area contributed by atoms with E-state index >= 15 is 0 Å². The van der Waals surface area contributed by atoms with Gasteiger partial charge in [-0.1, -0.05) is 12.1 Å². The maximum atomic E-state index is 12.5. The van der Waals surface area contributed by atoms with E-state index in [1.807, 2.05) is 32.0 Å². The molecule has 0 saturated carbocycles. The number of nitrogens with one attached hydrogen (secondary N) is 1. The van der Waals surface area contributed by atoms with Gasteiger partial charge in [-0.25, -0.2) is 4.79 Å². The van der Waals surface area contributed by atoms with Crippen LogP contribution in [0.25, 0.3) is 0 Å². The third-order valence-corrected chi connectivity index (χ3v) is 4.47. The SMILES string of the molecule is CCOC(=O)c1[nH]c(C)c(C(=O)COC(=O)CCOc2cc(C)ccc2C)c1C. The molecule has 0 unspecified atom stereocenters. The van der Waals surface area contributed by atoms with Crippen molar-refractivity contribution in [1.29, 1.82) is 0 Å². The molecule has 0 aliphatic carbocycles. The number of hydrogen-bond donors (Lipinski definition) is 1. The molecule has 0 atom stereocenters. The van der Waals surface area contributed by atoms with E-state index in [0.717, 1.165) is 16.9 Å². The summed E-state index contributed by atoms with van der Waals surface area (Å²) < 4.78 is 15.7. The van der Waals surface area contributed by atoms with Crippen LogP contribution in [-0.4, -0.2) is 42.5 Å². The predicted octanol–water partition coefficient (Wildman–Crippen LogP) is 3.62. The summed E-state index contributed by atoms with van der Waals surface area (Å²) in [4.78, 5) is 39.2. The summed E-state index contributed by atoms with van der Waals surface area (Å²) in [5.41, 5.74) is 3.65. The standard InChI is InChI=1S/C22H27NO6/c1-6-27-22(26)21-15(4)20(16(5)23-21)17(24)12-29-19(25)9-10-28-18-11-13(2)7-8-14(18)3/h7-8,11,23H,6,9-10,12H2,1-5H3. The summed E-state index contributed by atoms with van der Waals surface area (Å²) in [6, 6.07) is 5.84. The lowest BCUT2D eigenvalue weighted by Gasteiger charge is -2.10. The van der Waals surface area contributed by atoms with Gasteiger partial charge in [0.1, 0.15) is 11.4 Å². The highest BCUT2D eigenvalue weighted by atomic mass is 16.5. The summed E-state index contributed by atoms with van der Waals surface area (Å²) in [6.07, 6.45) is 0.0276. The van der Waals surface area contributed by atoms with Gasteiger partial charge in [-0.15, -0.1) is 0 Å². The van der Waals surface area contributed by atoms with Gasteiger partial charge in [0.25, 0.3) is 0 Å². The minimum absolute atomic E-state index is 0.0276. The van der Waals surface area contributed by atoms with E-state index in [4.69, 9.17) is 14.2 Å². The number of Topliss-reactive ketones (excluding diaryl/α,β-unsaturated/α-hetero) is 1. The molecule has 1 aromatic carbocycles.